The Balaban J connectivity index is 2.32. The highest BCUT2D eigenvalue weighted by Crippen LogP contribution is 2.29. The number of ether oxygens (including phenoxy) is 1. The minimum absolute atomic E-state index is 0.0307. The van der Waals surface area contributed by atoms with Crippen LogP contribution in [0.5, 0.6) is 0 Å². The molecule has 2 rings (SSSR count). The van der Waals surface area contributed by atoms with Gasteiger partial charge >= 0.3 is 5.97 Å². The molecule has 0 aliphatic heterocycles. The van der Waals surface area contributed by atoms with Gasteiger partial charge in [-0.2, -0.15) is 0 Å². The predicted molar refractivity (Wildman–Crippen MR) is 86.4 cm³/mol. The summed E-state index contributed by atoms with van der Waals surface area (Å²) in [7, 11) is 1.36. The van der Waals surface area contributed by atoms with Crippen molar-refractivity contribution >= 4 is 34.6 Å². The Hall–Kier alpha value is -1.59. The van der Waals surface area contributed by atoms with Gasteiger partial charge in [0.05, 0.1) is 35.1 Å². The van der Waals surface area contributed by atoms with Crippen LogP contribution in [0.25, 0.3) is 0 Å². The summed E-state index contributed by atoms with van der Waals surface area (Å²) >= 11 is 7.68. The van der Waals surface area contributed by atoms with Crippen molar-refractivity contribution in [2.24, 2.45) is 0 Å². The van der Waals surface area contributed by atoms with Crippen LogP contribution in [-0.4, -0.2) is 18.1 Å². The lowest BCUT2D eigenvalue weighted by Crippen LogP contribution is -2.12. The number of nitrogens with one attached hydrogen (secondary N) is 1. The van der Waals surface area contributed by atoms with Gasteiger partial charge in [-0.25, -0.2) is 9.78 Å². The van der Waals surface area contributed by atoms with Gasteiger partial charge in [-0.05, 0) is 39.0 Å². The first kappa shape index (κ1) is 15.8. The van der Waals surface area contributed by atoms with E-state index in [-0.39, 0.29) is 6.04 Å². The minimum atomic E-state index is -0.396. The summed E-state index contributed by atoms with van der Waals surface area (Å²) in [6.45, 7) is 6.02. The second-order valence-corrected chi connectivity index (χ2v) is 6.57. The van der Waals surface area contributed by atoms with E-state index >= 15 is 0 Å². The smallest absolute Gasteiger partial charge is 0.339 e. The van der Waals surface area contributed by atoms with Crippen LogP contribution < -0.4 is 5.32 Å². The third-order valence-electron chi connectivity index (χ3n) is 3.11. The molecule has 1 N–H and O–H groups in total. The maximum Gasteiger partial charge on any atom is 0.339 e. The Morgan fingerprint density at radius 2 is 2.14 bits per heavy atom. The third-order valence-corrected chi connectivity index (χ3v) is 4.25. The average Bonchev–Trinajstić information content (AvgIpc) is 2.77. The fraction of sp³-hybridized carbons (Fsp3) is 0.333. The van der Waals surface area contributed by atoms with Crippen LogP contribution in [0.3, 0.4) is 0 Å². The Labute approximate surface area is 133 Å². The maximum absolute atomic E-state index is 11.8. The van der Waals surface area contributed by atoms with Gasteiger partial charge in [-0.3, -0.25) is 0 Å². The molecule has 0 saturated heterocycles. The average molecular weight is 325 g/mol. The molecule has 0 saturated carbocycles. The quantitative estimate of drug-likeness (QED) is 0.848. The zero-order valence-corrected chi connectivity index (χ0v) is 13.9. The number of carbonyl (C=O) groups excluding carboxylic acids is 1. The Morgan fingerprint density at radius 1 is 1.43 bits per heavy atom. The number of aromatic nitrogens is 1. The number of methoxy groups -OCH3 is 1. The molecule has 0 bridgehead atoms. The second kappa shape index (κ2) is 6.45. The topological polar surface area (TPSA) is 51.2 Å². The molecule has 1 aromatic heterocycles. The van der Waals surface area contributed by atoms with Crippen LogP contribution in [-0.2, 0) is 4.74 Å². The molecule has 6 heteroatoms. The molecule has 1 unspecified atom stereocenters. The number of aryl methyl sites for hydroxylation is 2. The highest BCUT2D eigenvalue weighted by molar-refractivity contribution is 7.11. The number of esters is 1. The monoisotopic (exact) mass is 324 g/mol. The van der Waals surface area contributed by atoms with Crippen LogP contribution in [0.4, 0.5) is 5.69 Å². The number of carbonyl (C=O) groups is 1. The number of thiazole rings is 1. The fourth-order valence-corrected chi connectivity index (χ4v) is 3.26. The highest BCUT2D eigenvalue weighted by atomic mass is 35.5. The molecular formula is C15H17ClN2O2S. The molecule has 0 fully saturated rings. The molecule has 4 nitrogen and oxygen atoms in total. The fourth-order valence-electron chi connectivity index (χ4n) is 2.17. The summed E-state index contributed by atoms with van der Waals surface area (Å²) in [6, 6.07) is 5.01. The van der Waals surface area contributed by atoms with E-state index in [9.17, 15) is 4.79 Å². The van der Waals surface area contributed by atoms with Crippen molar-refractivity contribution in [2.75, 3.05) is 12.4 Å². The van der Waals surface area contributed by atoms with E-state index in [1.54, 1.807) is 29.5 Å². The Morgan fingerprint density at radius 3 is 2.71 bits per heavy atom. The van der Waals surface area contributed by atoms with Crippen LogP contribution in [0.2, 0.25) is 5.02 Å². The van der Waals surface area contributed by atoms with Crippen LogP contribution in [0.15, 0.2) is 18.2 Å². The van der Waals surface area contributed by atoms with Crippen LogP contribution >= 0.6 is 22.9 Å². The first-order valence-corrected chi connectivity index (χ1v) is 7.70. The van der Waals surface area contributed by atoms with Gasteiger partial charge in [0.25, 0.3) is 0 Å². The number of halogens is 1. The molecule has 0 radical (unpaired) electrons. The number of nitrogens with zero attached hydrogens (tertiary/aromatic N) is 1. The number of anilines is 1. The second-order valence-electron chi connectivity index (χ2n) is 4.72. The van der Waals surface area contributed by atoms with Gasteiger partial charge in [-0.15, -0.1) is 11.3 Å². The van der Waals surface area contributed by atoms with E-state index in [4.69, 9.17) is 16.3 Å². The van der Waals surface area contributed by atoms with Crippen molar-refractivity contribution in [1.82, 2.24) is 4.98 Å². The molecule has 1 atom stereocenters. The molecule has 112 valence electrons. The number of hydrogen-bond donors (Lipinski definition) is 1. The molecule has 0 aliphatic carbocycles. The van der Waals surface area contributed by atoms with Gasteiger partial charge in [0, 0.05) is 9.90 Å². The van der Waals surface area contributed by atoms with E-state index in [0.29, 0.717) is 16.3 Å². The molecule has 1 heterocycles. The van der Waals surface area contributed by atoms with E-state index in [0.717, 1.165) is 15.6 Å². The lowest BCUT2D eigenvalue weighted by molar-refractivity contribution is 0.0602. The first-order chi connectivity index (χ1) is 9.92. The summed E-state index contributed by atoms with van der Waals surface area (Å²) < 4.78 is 4.80. The molecule has 0 spiro atoms. The summed E-state index contributed by atoms with van der Waals surface area (Å²) in [6.07, 6.45) is 0. The molecular weight excluding hydrogens is 308 g/mol. The van der Waals surface area contributed by atoms with Crippen molar-refractivity contribution < 1.29 is 9.53 Å². The number of rotatable bonds is 4. The maximum atomic E-state index is 11.8. The third kappa shape index (κ3) is 3.54. The SMILES string of the molecule is COC(=O)c1ccc(Cl)cc1NC(C)c1nc(C)sc1C. The van der Waals surface area contributed by atoms with Crippen molar-refractivity contribution in [2.45, 2.75) is 26.8 Å². The summed E-state index contributed by atoms with van der Waals surface area (Å²) in [5, 5.41) is 4.88. The lowest BCUT2D eigenvalue weighted by atomic mass is 10.1. The lowest BCUT2D eigenvalue weighted by Gasteiger charge is -2.17. The zero-order chi connectivity index (χ0) is 15.6. The van der Waals surface area contributed by atoms with Crippen molar-refractivity contribution in [1.29, 1.82) is 0 Å². The summed E-state index contributed by atoms with van der Waals surface area (Å²) in [5.41, 5.74) is 2.08. The zero-order valence-electron chi connectivity index (χ0n) is 12.4. The van der Waals surface area contributed by atoms with Gasteiger partial charge < -0.3 is 10.1 Å². The van der Waals surface area contributed by atoms with Gasteiger partial charge in [0.2, 0.25) is 0 Å². The van der Waals surface area contributed by atoms with Crippen molar-refractivity contribution in [3.8, 4) is 0 Å². The minimum Gasteiger partial charge on any atom is -0.465 e. The Kier molecular flexibility index (Phi) is 4.85. The summed E-state index contributed by atoms with van der Waals surface area (Å²) in [4.78, 5) is 17.5. The molecule has 1 aromatic carbocycles. The van der Waals surface area contributed by atoms with Gasteiger partial charge in [0.15, 0.2) is 0 Å². The van der Waals surface area contributed by atoms with Gasteiger partial charge in [-0.1, -0.05) is 11.6 Å². The van der Waals surface area contributed by atoms with E-state index < -0.39 is 5.97 Å². The molecule has 0 amide bonds. The normalized spacial score (nSPS) is 12.0. The number of hydrogen-bond acceptors (Lipinski definition) is 5. The van der Waals surface area contributed by atoms with E-state index in [2.05, 4.69) is 10.3 Å². The van der Waals surface area contributed by atoms with Crippen LogP contribution in [0, 0.1) is 13.8 Å². The standard InChI is InChI=1S/C15H17ClN2O2S/c1-8(14-9(2)21-10(3)18-14)17-13-7-11(16)5-6-12(13)15(19)20-4/h5-8,17H,1-4H3. The predicted octanol–water partition coefficient (Wildman–Crippen LogP) is 4.37. The van der Waals surface area contributed by atoms with Crippen LogP contribution in [0.1, 0.15) is 38.9 Å². The largest absolute Gasteiger partial charge is 0.465 e. The molecule has 2 aromatic rings. The molecule has 0 aliphatic rings. The highest BCUT2D eigenvalue weighted by Gasteiger charge is 2.17. The van der Waals surface area contributed by atoms with Crippen molar-refractivity contribution in [3.63, 3.8) is 0 Å². The Bertz CT molecular complexity index is 670. The number of benzene rings is 1. The summed E-state index contributed by atoms with van der Waals surface area (Å²) in [5.74, 6) is -0.396. The van der Waals surface area contributed by atoms with E-state index in [1.807, 2.05) is 20.8 Å². The van der Waals surface area contributed by atoms with E-state index in [1.165, 1.54) is 7.11 Å². The first-order valence-electron chi connectivity index (χ1n) is 6.50. The van der Waals surface area contributed by atoms with Gasteiger partial charge in [0.1, 0.15) is 0 Å². The molecule has 21 heavy (non-hydrogen) atoms. The van der Waals surface area contributed by atoms with Crippen molar-refractivity contribution in [3.05, 3.63) is 44.4 Å².